The molecule has 0 heterocycles. The fourth-order valence-corrected chi connectivity index (χ4v) is 8.03. The number of benzene rings is 10. The van der Waals surface area contributed by atoms with E-state index in [4.69, 9.17) is 9.47 Å². The average molecular weight is 693 g/mol. The summed E-state index contributed by atoms with van der Waals surface area (Å²) in [5.74, 6) is 1.73. The Bertz CT molecular complexity index is 2750. The smallest absolute Gasteiger partial charge is 0.119 e. The third-order valence-electron chi connectivity index (χ3n) is 10.7. The molecule has 0 saturated carbocycles. The second kappa shape index (κ2) is 13.6. The Morgan fingerprint density at radius 3 is 1.09 bits per heavy atom. The summed E-state index contributed by atoms with van der Waals surface area (Å²) in [5.41, 5.74) is 7.09. The summed E-state index contributed by atoms with van der Waals surface area (Å²) in [6.07, 6.45) is 0. The lowest BCUT2D eigenvalue weighted by atomic mass is 9.86. The number of fused-ring (bicyclic) bond motifs is 9. The SMILES string of the molecule is c1ccc(COc2ccc(-c3cc4ccc5ccc6cc(-c7ccc(OCc8ccccc8)cc7)c7ccccc7c6c5c4c4ccccc34)cc2)cc1. The van der Waals surface area contributed by atoms with Crippen LogP contribution in [0.3, 0.4) is 0 Å². The molecule has 0 aliphatic rings. The topological polar surface area (TPSA) is 18.5 Å². The minimum absolute atomic E-state index is 0.548. The van der Waals surface area contributed by atoms with Crippen LogP contribution in [0.4, 0.5) is 0 Å². The summed E-state index contributed by atoms with van der Waals surface area (Å²) in [6, 6.07) is 69.3. The van der Waals surface area contributed by atoms with E-state index in [-0.39, 0.29) is 0 Å². The van der Waals surface area contributed by atoms with Gasteiger partial charge in [-0.3, -0.25) is 0 Å². The third-order valence-corrected chi connectivity index (χ3v) is 10.7. The maximum atomic E-state index is 6.13. The first-order chi connectivity index (χ1) is 26.8. The molecule has 0 amide bonds. The zero-order valence-electron chi connectivity index (χ0n) is 29.7. The molecule has 0 saturated heterocycles. The molecule has 10 aromatic carbocycles. The highest BCUT2D eigenvalue weighted by molar-refractivity contribution is 6.34. The fourth-order valence-electron chi connectivity index (χ4n) is 8.03. The zero-order valence-corrected chi connectivity index (χ0v) is 29.7. The van der Waals surface area contributed by atoms with Crippen LogP contribution in [0.5, 0.6) is 11.5 Å². The summed E-state index contributed by atoms with van der Waals surface area (Å²) in [6.45, 7) is 1.10. The van der Waals surface area contributed by atoms with Crippen molar-refractivity contribution in [3.8, 4) is 33.8 Å². The summed E-state index contributed by atoms with van der Waals surface area (Å²) < 4.78 is 12.3. The van der Waals surface area contributed by atoms with Crippen LogP contribution in [-0.2, 0) is 13.2 Å². The molecule has 0 spiro atoms. The first-order valence-corrected chi connectivity index (χ1v) is 18.5. The Labute approximate surface area is 314 Å². The Kier molecular flexibility index (Phi) is 8.00. The highest BCUT2D eigenvalue weighted by Gasteiger charge is 2.16. The molecule has 0 aromatic heterocycles. The van der Waals surface area contributed by atoms with Gasteiger partial charge in [0.05, 0.1) is 0 Å². The normalized spacial score (nSPS) is 11.5. The van der Waals surface area contributed by atoms with Crippen molar-refractivity contribution in [2.45, 2.75) is 13.2 Å². The molecule has 54 heavy (non-hydrogen) atoms. The molecule has 0 bridgehead atoms. The second-order valence-corrected chi connectivity index (χ2v) is 14.0. The van der Waals surface area contributed by atoms with Gasteiger partial charge in [-0.1, -0.05) is 158 Å². The Morgan fingerprint density at radius 2 is 0.667 bits per heavy atom. The standard InChI is InChI=1S/C52H36O2/c1-3-11-35(12-4-1)33-53-42-27-23-37(24-28-42)48-31-40-21-19-39-20-22-41-32-49(38-25-29-43(30-26-38)54-34-36-13-5-2-6-14-36)45-16-8-10-18-47(45)51(41)52(39)50(40)46-17-9-7-15-44(46)48/h1-32H,33-34H2. The number of hydrogen-bond acceptors (Lipinski definition) is 2. The van der Waals surface area contributed by atoms with Crippen LogP contribution in [0.2, 0.25) is 0 Å². The quantitative estimate of drug-likeness (QED) is 0.148. The van der Waals surface area contributed by atoms with Gasteiger partial charge in [-0.25, -0.2) is 0 Å². The molecule has 10 aromatic rings. The van der Waals surface area contributed by atoms with Crippen molar-refractivity contribution in [1.82, 2.24) is 0 Å². The molecule has 2 nitrogen and oxygen atoms in total. The molecule has 2 heteroatoms. The summed E-state index contributed by atoms with van der Waals surface area (Å²) >= 11 is 0. The summed E-state index contributed by atoms with van der Waals surface area (Å²) in [5, 5.41) is 12.6. The lowest BCUT2D eigenvalue weighted by molar-refractivity contribution is 0.306. The Hall–Kier alpha value is -6.90. The molecule has 256 valence electrons. The zero-order chi connectivity index (χ0) is 35.8. The van der Waals surface area contributed by atoms with Gasteiger partial charge in [0.2, 0.25) is 0 Å². The molecule has 0 N–H and O–H groups in total. The summed E-state index contributed by atoms with van der Waals surface area (Å²) in [7, 11) is 0. The van der Waals surface area contributed by atoms with Crippen molar-refractivity contribution in [3.05, 3.63) is 205 Å². The lowest BCUT2D eigenvalue weighted by Gasteiger charge is -2.17. The van der Waals surface area contributed by atoms with E-state index < -0.39 is 0 Å². The van der Waals surface area contributed by atoms with Crippen LogP contribution in [0.25, 0.3) is 76.1 Å². The highest BCUT2D eigenvalue weighted by atomic mass is 16.5. The largest absolute Gasteiger partial charge is 0.489 e. The predicted molar refractivity (Wildman–Crippen MR) is 226 cm³/mol. The van der Waals surface area contributed by atoms with Crippen molar-refractivity contribution in [2.24, 2.45) is 0 Å². The number of ether oxygens (including phenoxy) is 2. The second-order valence-electron chi connectivity index (χ2n) is 14.0. The third kappa shape index (κ3) is 5.79. The molecule has 0 fully saturated rings. The van der Waals surface area contributed by atoms with Crippen LogP contribution in [0.1, 0.15) is 11.1 Å². The first-order valence-electron chi connectivity index (χ1n) is 18.5. The van der Waals surface area contributed by atoms with Crippen molar-refractivity contribution < 1.29 is 9.47 Å². The van der Waals surface area contributed by atoms with Crippen LogP contribution < -0.4 is 9.47 Å². The minimum Gasteiger partial charge on any atom is -0.489 e. The summed E-state index contributed by atoms with van der Waals surface area (Å²) in [4.78, 5) is 0. The molecule has 0 unspecified atom stereocenters. The van der Waals surface area contributed by atoms with Crippen LogP contribution >= 0.6 is 0 Å². The maximum Gasteiger partial charge on any atom is 0.119 e. The van der Waals surface area contributed by atoms with E-state index in [1.54, 1.807) is 0 Å². The maximum absolute atomic E-state index is 6.13. The molecule has 10 rings (SSSR count). The number of hydrogen-bond donors (Lipinski definition) is 0. The van der Waals surface area contributed by atoms with Gasteiger partial charge in [-0.05, 0) is 124 Å². The molecular weight excluding hydrogens is 657 g/mol. The van der Waals surface area contributed by atoms with E-state index in [0.29, 0.717) is 13.2 Å². The van der Waals surface area contributed by atoms with E-state index in [1.807, 2.05) is 36.4 Å². The first kappa shape index (κ1) is 31.8. The minimum atomic E-state index is 0.548. The molecule has 0 atom stereocenters. The van der Waals surface area contributed by atoms with Gasteiger partial charge in [0.25, 0.3) is 0 Å². The monoisotopic (exact) mass is 692 g/mol. The van der Waals surface area contributed by atoms with Crippen molar-refractivity contribution >= 4 is 53.9 Å². The van der Waals surface area contributed by atoms with Crippen molar-refractivity contribution in [2.75, 3.05) is 0 Å². The van der Waals surface area contributed by atoms with Gasteiger partial charge in [-0.2, -0.15) is 0 Å². The van der Waals surface area contributed by atoms with Crippen LogP contribution in [-0.4, -0.2) is 0 Å². The molecular formula is C52H36O2. The Morgan fingerprint density at radius 1 is 0.296 bits per heavy atom. The van der Waals surface area contributed by atoms with Gasteiger partial charge >= 0.3 is 0 Å². The van der Waals surface area contributed by atoms with E-state index in [0.717, 1.165) is 22.6 Å². The van der Waals surface area contributed by atoms with Gasteiger partial charge in [-0.15, -0.1) is 0 Å². The number of rotatable bonds is 8. The van der Waals surface area contributed by atoms with Crippen LogP contribution in [0, 0.1) is 0 Å². The molecule has 0 aliphatic carbocycles. The van der Waals surface area contributed by atoms with Crippen molar-refractivity contribution in [1.29, 1.82) is 0 Å². The van der Waals surface area contributed by atoms with Gasteiger partial charge < -0.3 is 9.47 Å². The van der Waals surface area contributed by atoms with Crippen LogP contribution in [0.15, 0.2) is 194 Å². The molecule has 0 radical (unpaired) electrons. The van der Waals surface area contributed by atoms with Gasteiger partial charge in [0, 0.05) is 0 Å². The molecule has 0 aliphatic heterocycles. The fraction of sp³-hybridized carbons (Fsp3) is 0.0385. The van der Waals surface area contributed by atoms with Crippen molar-refractivity contribution in [3.63, 3.8) is 0 Å². The van der Waals surface area contributed by atoms with Gasteiger partial charge in [0.15, 0.2) is 0 Å². The Balaban J connectivity index is 1.09. The lowest BCUT2D eigenvalue weighted by Crippen LogP contribution is -1.95. The van der Waals surface area contributed by atoms with E-state index >= 15 is 0 Å². The van der Waals surface area contributed by atoms with E-state index in [1.165, 1.54) is 76.1 Å². The predicted octanol–water partition coefficient (Wildman–Crippen LogP) is 13.9. The highest BCUT2D eigenvalue weighted by Crippen LogP contribution is 2.44. The van der Waals surface area contributed by atoms with E-state index in [9.17, 15) is 0 Å². The average Bonchev–Trinajstić information content (AvgIpc) is 3.25. The van der Waals surface area contributed by atoms with E-state index in [2.05, 4.69) is 158 Å². The van der Waals surface area contributed by atoms with Gasteiger partial charge in [0.1, 0.15) is 24.7 Å².